The lowest BCUT2D eigenvalue weighted by atomic mass is 9.82. The van der Waals surface area contributed by atoms with Crippen LogP contribution < -0.4 is 5.32 Å². The number of nitrogens with zero attached hydrogens (tertiary/aromatic N) is 1. The van der Waals surface area contributed by atoms with E-state index in [1.807, 2.05) is 7.05 Å². The first-order valence-corrected chi connectivity index (χ1v) is 5.51. The fourth-order valence-corrected chi connectivity index (χ4v) is 2.51. The molecule has 0 aromatic carbocycles. The Morgan fingerprint density at radius 1 is 1.57 bits per heavy atom. The first kappa shape index (κ1) is 9.71. The predicted molar refractivity (Wildman–Crippen MR) is 57.3 cm³/mol. The van der Waals surface area contributed by atoms with Gasteiger partial charge in [0.15, 0.2) is 0 Å². The molecular formula is C11H19N3. The van der Waals surface area contributed by atoms with Crippen molar-refractivity contribution in [2.75, 3.05) is 7.05 Å². The second-order valence-corrected chi connectivity index (χ2v) is 4.20. The van der Waals surface area contributed by atoms with Crippen LogP contribution in [0.15, 0.2) is 0 Å². The summed E-state index contributed by atoms with van der Waals surface area (Å²) in [7, 11) is 2.04. The van der Waals surface area contributed by atoms with Gasteiger partial charge < -0.3 is 5.32 Å². The maximum atomic E-state index is 4.38. The lowest BCUT2D eigenvalue weighted by Crippen LogP contribution is -2.28. The summed E-state index contributed by atoms with van der Waals surface area (Å²) in [5.74, 6) is 0.718. The third-order valence-corrected chi connectivity index (χ3v) is 3.34. The monoisotopic (exact) mass is 193 g/mol. The molecule has 0 bridgehead atoms. The Balaban J connectivity index is 2.41. The third kappa shape index (κ3) is 1.36. The maximum absolute atomic E-state index is 4.38. The zero-order valence-corrected chi connectivity index (χ0v) is 9.22. The number of H-pyrrole nitrogens is 1. The van der Waals surface area contributed by atoms with Crippen LogP contribution in [0.4, 0.5) is 0 Å². The van der Waals surface area contributed by atoms with Crippen LogP contribution in [-0.2, 0) is 12.8 Å². The van der Waals surface area contributed by atoms with E-state index in [0.29, 0.717) is 6.04 Å². The maximum Gasteiger partial charge on any atom is 0.0670 e. The second kappa shape index (κ2) is 3.73. The van der Waals surface area contributed by atoms with E-state index in [1.165, 1.54) is 23.4 Å². The van der Waals surface area contributed by atoms with Gasteiger partial charge in [-0.25, -0.2) is 0 Å². The van der Waals surface area contributed by atoms with E-state index < -0.39 is 0 Å². The Morgan fingerprint density at radius 2 is 2.36 bits per heavy atom. The van der Waals surface area contributed by atoms with E-state index in [0.717, 1.165) is 18.8 Å². The molecular weight excluding hydrogens is 174 g/mol. The minimum Gasteiger partial charge on any atom is -0.313 e. The highest BCUT2D eigenvalue weighted by atomic mass is 15.1. The topological polar surface area (TPSA) is 40.7 Å². The van der Waals surface area contributed by atoms with Crippen molar-refractivity contribution in [1.82, 2.24) is 15.5 Å². The van der Waals surface area contributed by atoms with Crippen molar-refractivity contribution in [3.63, 3.8) is 0 Å². The molecule has 0 saturated carbocycles. The number of aryl methyl sites for hydroxylation is 2. The fourth-order valence-electron chi connectivity index (χ4n) is 2.51. The smallest absolute Gasteiger partial charge is 0.0670 e. The van der Waals surface area contributed by atoms with Crippen LogP contribution in [0, 0.1) is 5.92 Å². The molecule has 1 aliphatic rings. The van der Waals surface area contributed by atoms with Gasteiger partial charge in [-0.3, -0.25) is 5.10 Å². The number of hydrogen-bond acceptors (Lipinski definition) is 2. The highest BCUT2D eigenvalue weighted by Crippen LogP contribution is 2.34. The first-order valence-electron chi connectivity index (χ1n) is 5.51. The Hall–Kier alpha value is -0.830. The molecule has 1 heterocycles. The average Bonchev–Trinajstić information content (AvgIpc) is 2.61. The summed E-state index contributed by atoms with van der Waals surface area (Å²) in [6, 6.07) is 0.493. The van der Waals surface area contributed by atoms with Crippen molar-refractivity contribution in [1.29, 1.82) is 0 Å². The van der Waals surface area contributed by atoms with Gasteiger partial charge in [0.05, 0.1) is 5.69 Å². The van der Waals surface area contributed by atoms with Gasteiger partial charge >= 0.3 is 0 Å². The van der Waals surface area contributed by atoms with Crippen LogP contribution in [0.2, 0.25) is 0 Å². The third-order valence-electron chi connectivity index (χ3n) is 3.34. The standard InChI is InChI=1S/C11H19N3/c1-4-8-10-9(14-13-8)6-5-7(2)11(10)12-3/h7,11-12H,4-6H2,1-3H3,(H,13,14). The average molecular weight is 193 g/mol. The molecule has 0 radical (unpaired) electrons. The van der Waals surface area contributed by atoms with Crippen LogP contribution in [-0.4, -0.2) is 17.2 Å². The van der Waals surface area contributed by atoms with E-state index in [4.69, 9.17) is 0 Å². The summed E-state index contributed by atoms with van der Waals surface area (Å²) in [4.78, 5) is 0. The summed E-state index contributed by atoms with van der Waals surface area (Å²) < 4.78 is 0. The predicted octanol–water partition coefficient (Wildman–Crippen LogP) is 1.81. The minimum atomic E-state index is 0.493. The molecule has 3 nitrogen and oxygen atoms in total. The van der Waals surface area contributed by atoms with Crippen LogP contribution in [0.25, 0.3) is 0 Å². The Kier molecular flexibility index (Phi) is 2.59. The van der Waals surface area contributed by atoms with Gasteiger partial charge in [0.25, 0.3) is 0 Å². The summed E-state index contributed by atoms with van der Waals surface area (Å²) in [5, 5.41) is 11.0. The van der Waals surface area contributed by atoms with Crippen molar-refractivity contribution in [3.8, 4) is 0 Å². The molecule has 2 atom stereocenters. The van der Waals surface area contributed by atoms with Gasteiger partial charge in [0, 0.05) is 17.3 Å². The number of rotatable bonds is 2. The van der Waals surface area contributed by atoms with E-state index in [2.05, 4.69) is 29.4 Å². The molecule has 1 aromatic rings. The van der Waals surface area contributed by atoms with Gasteiger partial charge in [-0.05, 0) is 32.2 Å². The van der Waals surface area contributed by atoms with Crippen LogP contribution in [0.3, 0.4) is 0 Å². The second-order valence-electron chi connectivity index (χ2n) is 4.20. The molecule has 0 amide bonds. The minimum absolute atomic E-state index is 0.493. The quantitative estimate of drug-likeness (QED) is 0.752. The van der Waals surface area contributed by atoms with Crippen molar-refractivity contribution in [3.05, 3.63) is 17.0 Å². The highest BCUT2D eigenvalue weighted by molar-refractivity contribution is 5.32. The molecule has 1 aliphatic carbocycles. The van der Waals surface area contributed by atoms with Crippen molar-refractivity contribution >= 4 is 0 Å². The molecule has 0 fully saturated rings. The lowest BCUT2D eigenvalue weighted by molar-refractivity contribution is 0.361. The van der Waals surface area contributed by atoms with Gasteiger partial charge in [-0.1, -0.05) is 13.8 Å². The fraction of sp³-hybridized carbons (Fsp3) is 0.727. The Morgan fingerprint density at radius 3 is 3.00 bits per heavy atom. The molecule has 14 heavy (non-hydrogen) atoms. The van der Waals surface area contributed by atoms with Gasteiger partial charge in [0.1, 0.15) is 0 Å². The van der Waals surface area contributed by atoms with Crippen LogP contribution >= 0.6 is 0 Å². The molecule has 2 rings (SSSR count). The van der Waals surface area contributed by atoms with Crippen LogP contribution in [0.1, 0.15) is 43.3 Å². The summed E-state index contributed by atoms with van der Waals surface area (Å²) in [5.41, 5.74) is 4.03. The zero-order valence-electron chi connectivity index (χ0n) is 9.22. The van der Waals surface area contributed by atoms with Gasteiger partial charge in [-0.2, -0.15) is 5.10 Å². The largest absolute Gasteiger partial charge is 0.313 e. The first-order chi connectivity index (χ1) is 6.77. The zero-order chi connectivity index (χ0) is 10.1. The summed E-state index contributed by atoms with van der Waals surface area (Å²) >= 11 is 0. The van der Waals surface area contributed by atoms with E-state index in [9.17, 15) is 0 Å². The Bertz CT molecular complexity index is 303. The normalized spacial score (nSPS) is 26.2. The van der Waals surface area contributed by atoms with Gasteiger partial charge in [0.2, 0.25) is 0 Å². The summed E-state index contributed by atoms with van der Waals surface area (Å²) in [6.45, 7) is 4.49. The number of hydrogen-bond donors (Lipinski definition) is 2. The molecule has 3 heteroatoms. The van der Waals surface area contributed by atoms with Crippen molar-refractivity contribution < 1.29 is 0 Å². The molecule has 0 aliphatic heterocycles. The molecule has 1 aromatic heterocycles. The lowest BCUT2D eigenvalue weighted by Gasteiger charge is -2.29. The number of fused-ring (bicyclic) bond motifs is 1. The SMILES string of the molecule is CCc1n[nH]c2c1C(NC)C(C)CC2. The van der Waals surface area contributed by atoms with Gasteiger partial charge in [-0.15, -0.1) is 0 Å². The molecule has 78 valence electrons. The van der Waals surface area contributed by atoms with Crippen LogP contribution in [0.5, 0.6) is 0 Å². The van der Waals surface area contributed by atoms with Crippen molar-refractivity contribution in [2.24, 2.45) is 5.92 Å². The van der Waals surface area contributed by atoms with Crippen molar-refractivity contribution in [2.45, 2.75) is 39.2 Å². The number of aromatic nitrogens is 2. The van der Waals surface area contributed by atoms with E-state index in [-0.39, 0.29) is 0 Å². The Labute approximate surface area is 85.3 Å². The summed E-state index contributed by atoms with van der Waals surface area (Å²) in [6.07, 6.45) is 3.43. The van der Waals surface area contributed by atoms with E-state index >= 15 is 0 Å². The molecule has 2 unspecified atom stereocenters. The number of nitrogens with one attached hydrogen (secondary N) is 2. The molecule has 0 saturated heterocycles. The highest BCUT2D eigenvalue weighted by Gasteiger charge is 2.29. The van der Waals surface area contributed by atoms with E-state index in [1.54, 1.807) is 0 Å². The number of aromatic amines is 1. The molecule has 0 spiro atoms. The molecule has 2 N–H and O–H groups in total.